The lowest BCUT2D eigenvalue weighted by Crippen LogP contribution is -2.11. The number of esters is 1. The van der Waals surface area contributed by atoms with Gasteiger partial charge in [0.05, 0.1) is 0 Å². The van der Waals surface area contributed by atoms with Crippen LogP contribution >= 0.6 is 0 Å². The van der Waals surface area contributed by atoms with Crippen molar-refractivity contribution in [2.45, 2.75) is 6.61 Å². The van der Waals surface area contributed by atoms with Crippen molar-refractivity contribution in [3.05, 3.63) is 47.9 Å². The summed E-state index contributed by atoms with van der Waals surface area (Å²) in [7, 11) is 1.70. The Bertz CT molecular complexity index is 520. The van der Waals surface area contributed by atoms with E-state index in [1.54, 1.807) is 17.8 Å². The van der Waals surface area contributed by atoms with Crippen LogP contribution in [0.15, 0.2) is 36.5 Å². The maximum atomic E-state index is 11.7. The highest BCUT2D eigenvalue weighted by Crippen LogP contribution is 2.07. The molecule has 0 spiro atoms. The Kier molecular flexibility index (Phi) is 3.09. The molecule has 0 saturated heterocycles. The first-order valence-corrected chi connectivity index (χ1v) is 5.16. The zero-order valence-electron chi connectivity index (χ0n) is 9.46. The molecule has 17 heavy (non-hydrogen) atoms. The molecule has 0 aliphatic heterocycles. The van der Waals surface area contributed by atoms with Gasteiger partial charge < -0.3 is 15.0 Å². The van der Waals surface area contributed by atoms with Crippen molar-refractivity contribution < 1.29 is 9.53 Å². The molecule has 1 heterocycles. The molecule has 0 unspecified atom stereocenters. The normalized spacial score (nSPS) is 10.2. The summed E-state index contributed by atoms with van der Waals surface area (Å²) >= 11 is 0. The van der Waals surface area contributed by atoms with Crippen molar-refractivity contribution in [3.8, 4) is 0 Å². The largest absolute Gasteiger partial charge is 0.455 e. The average Bonchev–Trinajstić information content (AvgIpc) is 2.67. The molecule has 0 atom stereocenters. The first-order chi connectivity index (χ1) is 8.16. The van der Waals surface area contributed by atoms with Crippen LogP contribution in [0.5, 0.6) is 0 Å². The Hall–Kier alpha value is -2.30. The summed E-state index contributed by atoms with van der Waals surface area (Å²) < 4.78 is 6.67. The molecule has 2 N–H and O–H groups in total. The number of ether oxygens (including phenoxy) is 1. The number of carbonyl (C=O) groups excluding carboxylic acids is 1. The van der Waals surface area contributed by atoms with Gasteiger partial charge in [-0.1, -0.05) is 30.3 Å². The van der Waals surface area contributed by atoms with E-state index >= 15 is 0 Å². The smallest absolute Gasteiger partial charge is 0.374 e. The Balaban J connectivity index is 2.01. The van der Waals surface area contributed by atoms with E-state index in [9.17, 15) is 4.79 Å². The van der Waals surface area contributed by atoms with Crippen LogP contribution in [0.3, 0.4) is 0 Å². The minimum atomic E-state index is -0.479. The van der Waals surface area contributed by atoms with E-state index in [4.69, 9.17) is 10.5 Å². The van der Waals surface area contributed by atoms with Gasteiger partial charge in [0.15, 0.2) is 0 Å². The number of rotatable bonds is 3. The molecule has 5 nitrogen and oxygen atoms in total. The highest BCUT2D eigenvalue weighted by molar-refractivity contribution is 5.86. The number of aryl methyl sites for hydroxylation is 1. The average molecular weight is 231 g/mol. The summed E-state index contributed by atoms with van der Waals surface area (Å²) in [6.07, 6.45) is 1.57. The minimum Gasteiger partial charge on any atom is -0.455 e. The van der Waals surface area contributed by atoms with Crippen LogP contribution in [-0.4, -0.2) is 15.5 Å². The number of carbonyl (C=O) groups is 1. The lowest BCUT2D eigenvalue weighted by atomic mass is 10.2. The van der Waals surface area contributed by atoms with Crippen molar-refractivity contribution in [2.75, 3.05) is 5.73 Å². The summed E-state index contributed by atoms with van der Waals surface area (Å²) in [6.45, 7) is 0.229. The highest BCUT2D eigenvalue weighted by atomic mass is 16.5. The number of nitrogens with zero attached hydrogens (tertiary/aromatic N) is 2. The third kappa shape index (κ3) is 2.63. The molecule has 0 radical (unpaired) electrons. The molecule has 5 heteroatoms. The molecule has 0 bridgehead atoms. The van der Waals surface area contributed by atoms with Gasteiger partial charge in [0, 0.05) is 13.2 Å². The van der Waals surface area contributed by atoms with E-state index in [1.807, 2.05) is 30.3 Å². The molecule has 2 rings (SSSR count). The monoisotopic (exact) mass is 231 g/mol. The topological polar surface area (TPSA) is 70.1 Å². The number of hydrogen-bond acceptors (Lipinski definition) is 4. The Morgan fingerprint density at radius 1 is 1.41 bits per heavy atom. The SMILES string of the molecule is Cn1cc(N)nc1C(=O)OCc1ccccc1. The fourth-order valence-corrected chi connectivity index (χ4v) is 1.47. The van der Waals surface area contributed by atoms with Crippen molar-refractivity contribution in [1.29, 1.82) is 0 Å². The van der Waals surface area contributed by atoms with Crippen LogP contribution in [-0.2, 0) is 18.4 Å². The van der Waals surface area contributed by atoms with Crippen molar-refractivity contribution in [1.82, 2.24) is 9.55 Å². The fourth-order valence-electron chi connectivity index (χ4n) is 1.47. The van der Waals surface area contributed by atoms with E-state index in [2.05, 4.69) is 4.98 Å². The molecule has 2 aromatic rings. The van der Waals surface area contributed by atoms with Gasteiger partial charge in [0.1, 0.15) is 12.4 Å². The zero-order chi connectivity index (χ0) is 12.3. The van der Waals surface area contributed by atoms with E-state index in [0.29, 0.717) is 5.82 Å². The number of nitrogens with two attached hydrogens (primary N) is 1. The Labute approximate surface area is 98.8 Å². The summed E-state index contributed by atoms with van der Waals surface area (Å²) in [5.74, 6) is 0.0330. The maximum Gasteiger partial charge on any atom is 0.374 e. The summed E-state index contributed by atoms with van der Waals surface area (Å²) in [4.78, 5) is 15.6. The lowest BCUT2D eigenvalue weighted by Gasteiger charge is -2.04. The number of benzene rings is 1. The maximum absolute atomic E-state index is 11.7. The molecule has 0 amide bonds. The van der Waals surface area contributed by atoms with Gasteiger partial charge in [-0.05, 0) is 5.56 Å². The number of anilines is 1. The molecule has 0 fully saturated rings. The van der Waals surface area contributed by atoms with Gasteiger partial charge in [-0.3, -0.25) is 0 Å². The third-order valence-corrected chi connectivity index (χ3v) is 2.29. The van der Waals surface area contributed by atoms with E-state index in [-0.39, 0.29) is 12.4 Å². The molecule has 0 aliphatic carbocycles. The number of hydrogen-bond donors (Lipinski definition) is 1. The molecule has 1 aromatic carbocycles. The second-order valence-corrected chi connectivity index (χ2v) is 3.66. The predicted octanol–water partition coefficient (Wildman–Crippen LogP) is 1.36. The van der Waals surface area contributed by atoms with Gasteiger partial charge in [0.25, 0.3) is 0 Å². The van der Waals surface area contributed by atoms with Crippen LogP contribution in [0.1, 0.15) is 16.2 Å². The van der Waals surface area contributed by atoms with Crippen molar-refractivity contribution in [3.63, 3.8) is 0 Å². The van der Waals surface area contributed by atoms with Crippen molar-refractivity contribution in [2.24, 2.45) is 7.05 Å². The zero-order valence-corrected chi connectivity index (χ0v) is 9.46. The van der Waals surface area contributed by atoms with Crippen LogP contribution in [0.25, 0.3) is 0 Å². The second kappa shape index (κ2) is 4.69. The standard InChI is InChI=1S/C12H13N3O2/c1-15-7-10(13)14-11(15)12(16)17-8-9-5-3-2-4-6-9/h2-7H,8,13H2,1H3. The third-order valence-electron chi connectivity index (χ3n) is 2.29. The lowest BCUT2D eigenvalue weighted by molar-refractivity contribution is 0.0454. The molecular weight excluding hydrogens is 218 g/mol. The molecule has 0 aliphatic rings. The number of nitrogen functional groups attached to an aromatic ring is 1. The minimum absolute atomic E-state index is 0.207. The van der Waals surface area contributed by atoms with E-state index < -0.39 is 5.97 Å². The second-order valence-electron chi connectivity index (χ2n) is 3.66. The van der Waals surface area contributed by atoms with Gasteiger partial charge in [-0.15, -0.1) is 0 Å². The summed E-state index contributed by atoms with van der Waals surface area (Å²) in [5.41, 5.74) is 6.42. The number of aromatic nitrogens is 2. The van der Waals surface area contributed by atoms with Gasteiger partial charge in [-0.25, -0.2) is 9.78 Å². The number of imidazole rings is 1. The Morgan fingerprint density at radius 3 is 2.71 bits per heavy atom. The van der Waals surface area contributed by atoms with Crippen LogP contribution in [0.4, 0.5) is 5.82 Å². The summed E-state index contributed by atoms with van der Waals surface area (Å²) in [6, 6.07) is 9.47. The Morgan fingerprint density at radius 2 is 2.12 bits per heavy atom. The van der Waals surface area contributed by atoms with Crippen LogP contribution in [0, 0.1) is 0 Å². The molecule has 88 valence electrons. The fraction of sp³-hybridized carbons (Fsp3) is 0.167. The van der Waals surface area contributed by atoms with E-state index in [1.165, 1.54) is 0 Å². The van der Waals surface area contributed by atoms with E-state index in [0.717, 1.165) is 5.56 Å². The van der Waals surface area contributed by atoms with Gasteiger partial charge >= 0.3 is 5.97 Å². The predicted molar refractivity (Wildman–Crippen MR) is 63.2 cm³/mol. The molecule has 0 saturated carbocycles. The molecular formula is C12H13N3O2. The summed E-state index contributed by atoms with van der Waals surface area (Å²) in [5, 5.41) is 0. The van der Waals surface area contributed by atoms with Gasteiger partial charge in [0.2, 0.25) is 5.82 Å². The van der Waals surface area contributed by atoms with Crippen molar-refractivity contribution >= 4 is 11.8 Å². The first-order valence-electron chi connectivity index (χ1n) is 5.16. The molecule has 1 aromatic heterocycles. The van der Waals surface area contributed by atoms with Gasteiger partial charge in [-0.2, -0.15) is 0 Å². The van der Waals surface area contributed by atoms with Crippen LogP contribution < -0.4 is 5.73 Å². The first kappa shape index (κ1) is 11.2. The van der Waals surface area contributed by atoms with Crippen LogP contribution in [0.2, 0.25) is 0 Å². The highest BCUT2D eigenvalue weighted by Gasteiger charge is 2.14. The quantitative estimate of drug-likeness (QED) is 0.810.